The van der Waals surface area contributed by atoms with Gasteiger partial charge in [0.2, 0.25) is 5.95 Å². The Balaban J connectivity index is 1.67. The molecule has 0 spiro atoms. The second-order valence-corrected chi connectivity index (χ2v) is 5.91. The summed E-state index contributed by atoms with van der Waals surface area (Å²) in [5.74, 6) is 0.723. The predicted octanol–water partition coefficient (Wildman–Crippen LogP) is 2.37. The fourth-order valence-corrected chi connectivity index (χ4v) is 2.65. The lowest BCUT2D eigenvalue weighted by Gasteiger charge is -2.08. The van der Waals surface area contributed by atoms with Crippen LogP contribution in [0, 0.1) is 6.92 Å². The van der Waals surface area contributed by atoms with Crippen LogP contribution in [0.25, 0.3) is 11.0 Å². The fraction of sp³-hybridized carbons (Fsp3) is 0.176. The van der Waals surface area contributed by atoms with Crippen LogP contribution in [-0.4, -0.2) is 34.6 Å². The predicted molar refractivity (Wildman–Crippen MR) is 93.8 cm³/mol. The molecule has 0 aliphatic rings. The molecule has 126 valence electrons. The zero-order valence-corrected chi connectivity index (χ0v) is 13.9. The van der Waals surface area contributed by atoms with E-state index in [2.05, 4.69) is 25.5 Å². The van der Waals surface area contributed by atoms with Crippen molar-refractivity contribution in [1.29, 1.82) is 0 Å². The molecule has 0 atom stereocenters. The van der Waals surface area contributed by atoms with Gasteiger partial charge in [-0.15, -0.1) is 0 Å². The Morgan fingerprint density at radius 3 is 2.84 bits per heavy atom. The van der Waals surface area contributed by atoms with Gasteiger partial charge in [0.25, 0.3) is 0 Å². The van der Waals surface area contributed by atoms with E-state index in [1.165, 1.54) is 0 Å². The number of phenols is 1. The van der Waals surface area contributed by atoms with Crippen molar-refractivity contribution >= 4 is 22.7 Å². The number of aromatic hydroxyl groups is 1. The Morgan fingerprint density at radius 2 is 2.04 bits per heavy atom. The number of rotatable bonds is 4. The molecule has 3 heterocycles. The van der Waals surface area contributed by atoms with Crippen molar-refractivity contribution in [1.82, 2.24) is 29.5 Å². The minimum Gasteiger partial charge on any atom is -0.508 e. The van der Waals surface area contributed by atoms with Crippen molar-refractivity contribution in [2.24, 2.45) is 7.05 Å². The van der Waals surface area contributed by atoms with E-state index in [1.807, 2.05) is 26.2 Å². The molecule has 0 saturated carbocycles. The number of hydrogen-bond donors (Lipinski definition) is 2. The van der Waals surface area contributed by atoms with Gasteiger partial charge in [-0.3, -0.25) is 4.68 Å². The molecule has 0 aliphatic heterocycles. The topological polar surface area (TPSA) is 93.7 Å². The van der Waals surface area contributed by atoms with Gasteiger partial charge in [0, 0.05) is 19.4 Å². The number of aryl methyl sites for hydroxylation is 2. The highest BCUT2D eigenvalue weighted by molar-refractivity contribution is 5.75. The third-order valence-corrected chi connectivity index (χ3v) is 3.99. The van der Waals surface area contributed by atoms with E-state index in [0.29, 0.717) is 12.5 Å². The number of fused-ring (bicyclic) bond motifs is 1. The highest BCUT2D eigenvalue weighted by Crippen LogP contribution is 2.20. The zero-order valence-electron chi connectivity index (χ0n) is 13.9. The van der Waals surface area contributed by atoms with Crippen molar-refractivity contribution < 1.29 is 5.11 Å². The van der Waals surface area contributed by atoms with Crippen LogP contribution in [0.2, 0.25) is 0 Å². The molecule has 0 bridgehead atoms. The normalized spacial score (nSPS) is 11.1. The smallest absolute Gasteiger partial charge is 0.229 e. The van der Waals surface area contributed by atoms with Crippen LogP contribution in [0.15, 0.2) is 43.0 Å². The first-order valence-electron chi connectivity index (χ1n) is 7.81. The third-order valence-electron chi connectivity index (χ3n) is 3.99. The summed E-state index contributed by atoms with van der Waals surface area (Å²) in [5, 5.41) is 22.2. The van der Waals surface area contributed by atoms with Crippen LogP contribution >= 0.6 is 0 Å². The average Bonchev–Trinajstić information content (AvgIpc) is 3.17. The maximum absolute atomic E-state index is 9.72. The lowest BCUT2D eigenvalue weighted by Crippen LogP contribution is -2.05. The van der Waals surface area contributed by atoms with Crippen molar-refractivity contribution in [2.75, 3.05) is 5.32 Å². The molecule has 0 saturated heterocycles. The van der Waals surface area contributed by atoms with Crippen LogP contribution in [0.4, 0.5) is 11.6 Å². The van der Waals surface area contributed by atoms with E-state index in [0.717, 1.165) is 27.8 Å². The van der Waals surface area contributed by atoms with Crippen LogP contribution in [0.5, 0.6) is 5.75 Å². The second kappa shape index (κ2) is 5.90. The number of anilines is 2. The number of nitrogens with zero attached hydrogens (tertiary/aromatic N) is 6. The van der Waals surface area contributed by atoms with Gasteiger partial charge in [0.1, 0.15) is 5.75 Å². The van der Waals surface area contributed by atoms with Gasteiger partial charge in [0.05, 0.1) is 30.0 Å². The molecule has 4 aromatic rings. The highest BCUT2D eigenvalue weighted by atomic mass is 16.3. The molecular formula is C17H17N7O. The van der Waals surface area contributed by atoms with Gasteiger partial charge in [-0.05, 0) is 30.2 Å². The maximum atomic E-state index is 9.72. The summed E-state index contributed by atoms with van der Waals surface area (Å²) in [6.07, 6.45) is 7.03. The first kappa shape index (κ1) is 15.1. The van der Waals surface area contributed by atoms with Gasteiger partial charge in [0.15, 0.2) is 5.65 Å². The largest absolute Gasteiger partial charge is 0.508 e. The third kappa shape index (κ3) is 3.01. The molecule has 1 aromatic carbocycles. The molecule has 3 aromatic heterocycles. The van der Waals surface area contributed by atoms with Gasteiger partial charge in [-0.1, -0.05) is 6.07 Å². The monoisotopic (exact) mass is 335 g/mol. The van der Waals surface area contributed by atoms with E-state index in [-0.39, 0.29) is 5.75 Å². The zero-order chi connectivity index (χ0) is 17.4. The van der Waals surface area contributed by atoms with E-state index < -0.39 is 0 Å². The summed E-state index contributed by atoms with van der Waals surface area (Å²) in [6, 6.07) is 5.32. The fourth-order valence-electron chi connectivity index (χ4n) is 2.65. The number of aromatic nitrogens is 6. The number of phenolic OH excluding ortho intramolecular Hbond substituents is 1. The number of benzene rings is 1. The quantitative estimate of drug-likeness (QED) is 0.595. The second-order valence-electron chi connectivity index (χ2n) is 5.91. The van der Waals surface area contributed by atoms with Crippen molar-refractivity contribution in [3.63, 3.8) is 0 Å². The maximum Gasteiger partial charge on any atom is 0.229 e. The van der Waals surface area contributed by atoms with Gasteiger partial charge >= 0.3 is 0 Å². The average molecular weight is 335 g/mol. The summed E-state index contributed by atoms with van der Waals surface area (Å²) in [4.78, 5) is 8.88. The van der Waals surface area contributed by atoms with Gasteiger partial charge in [-0.2, -0.15) is 15.2 Å². The molecule has 25 heavy (non-hydrogen) atoms. The summed E-state index contributed by atoms with van der Waals surface area (Å²) in [6.45, 7) is 2.53. The summed E-state index contributed by atoms with van der Waals surface area (Å²) < 4.78 is 3.50. The van der Waals surface area contributed by atoms with Gasteiger partial charge in [-0.25, -0.2) is 9.67 Å². The highest BCUT2D eigenvalue weighted by Gasteiger charge is 2.10. The molecule has 8 heteroatoms. The SMILES string of the molecule is Cc1ccc(O)cc1Cn1ncc2cnc(Nc3cnn(C)c3)nc21. The molecule has 0 aliphatic carbocycles. The summed E-state index contributed by atoms with van der Waals surface area (Å²) in [5.41, 5.74) is 3.62. The molecule has 8 nitrogen and oxygen atoms in total. The van der Waals surface area contributed by atoms with E-state index in [1.54, 1.807) is 40.1 Å². The number of nitrogens with one attached hydrogen (secondary N) is 1. The Bertz CT molecular complexity index is 1050. The number of hydrogen-bond acceptors (Lipinski definition) is 6. The Hall–Kier alpha value is -3.42. The first-order valence-corrected chi connectivity index (χ1v) is 7.81. The Morgan fingerprint density at radius 1 is 1.16 bits per heavy atom. The van der Waals surface area contributed by atoms with Crippen LogP contribution in [0.3, 0.4) is 0 Å². The van der Waals surface area contributed by atoms with E-state index in [4.69, 9.17) is 0 Å². The van der Waals surface area contributed by atoms with Crippen LogP contribution in [0.1, 0.15) is 11.1 Å². The van der Waals surface area contributed by atoms with Crippen LogP contribution in [-0.2, 0) is 13.6 Å². The lowest BCUT2D eigenvalue weighted by atomic mass is 10.1. The van der Waals surface area contributed by atoms with E-state index >= 15 is 0 Å². The summed E-state index contributed by atoms with van der Waals surface area (Å²) >= 11 is 0. The standard InChI is InChI=1S/C17H17N7O/c1-11-3-4-15(25)5-12(11)9-24-16-13(7-20-24)6-18-17(22-16)21-14-8-19-23(2)10-14/h3-8,10,25H,9H2,1-2H3,(H,18,21,22). The molecule has 0 unspecified atom stereocenters. The molecule has 2 N–H and O–H groups in total. The van der Waals surface area contributed by atoms with Crippen LogP contribution < -0.4 is 5.32 Å². The molecule has 0 amide bonds. The Labute approximate surface area is 143 Å². The van der Waals surface area contributed by atoms with Gasteiger partial charge < -0.3 is 10.4 Å². The van der Waals surface area contributed by atoms with E-state index in [9.17, 15) is 5.11 Å². The minimum atomic E-state index is 0.241. The molecule has 0 fully saturated rings. The first-order chi connectivity index (χ1) is 12.1. The van der Waals surface area contributed by atoms with Crippen molar-refractivity contribution in [3.8, 4) is 5.75 Å². The molecule has 0 radical (unpaired) electrons. The summed E-state index contributed by atoms with van der Waals surface area (Å²) in [7, 11) is 1.85. The minimum absolute atomic E-state index is 0.241. The Kier molecular flexibility index (Phi) is 3.57. The van der Waals surface area contributed by atoms with Crippen molar-refractivity contribution in [3.05, 3.63) is 54.1 Å². The molecule has 4 rings (SSSR count). The molecular weight excluding hydrogens is 318 g/mol. The van der Waals surface area contributed by atoms with Crippen molar-refractivity contribution in [2.45, 2.75) is 13.5 Å². The lowest BCUT2D eigenvalue weighted by molar-refractivity contribution is 0.474.